The quantitative estimate of drug-likeness (QED) is 0.404. The van der Waals surface area contributed by atoms with Crippen molar-refractivity contribution in [3.8, 4) is 17.3 Å². The van der Waals surface area contributed by atoms with Gasteiger partial charge >= 0.3 is 0 Å². The van der Waals surface area contributed by atoms with Crippen LogP contribution in [0.3, 0.4) is 0 Å². The Hall–Kier alpha value is -4.00. The number of fused-ring (bicyclic) bond motifs is 1. The molecule has 2 N–H and O–H groups in total. The number of anilines is 1. The minimum absolute atomic E-state index is 0.0663. The molecule has 0 radical (unpaired) electrons. The van der Waals surface area contributed by atoms with Crippen LogP contribution in [0.2, 0.25) is 0 Å². The average molecular weight is 551 g/mol. The summed E-state index contributed by atoms with van der Waals surface area (Å²) in [5.74, 6) is 0.427. The third-order valence-corrected chi connectivity index (χ3v) is 8.43. The molecule has 0 aromatic carbocycles. The molecule has 1 aliphatic heterocycles. The lowest BCUT2D eigenvalue weighted by Gasteiger charge is -2.16. The Morgan fingerprint density at radius 2 is 1.95 bits per heavy atom. The maximum Gasteiger partial charge on any atom is 0.295 e. The van der Waals surface area contributed by atoms with Crippen molar-refractivity contribution in [3.05, 3.63) is 51.3 Å². The molecule has 0 bridgehead atoms. The Bertz CT molecular complexity index is 1690. The average Bonchev–Trinajstić information content (AvgIpc) is 3.74. The number of aromatic nitrogens is 6. The van der Waals surface area contributed by atoms with E-state index in [0.717, 1.165) is 12.8 Å². The van der Waals surface area contributed by atoms with Gasteiger partial charge in [-0.2, -0.15) is 0 Å². The number of aromatic hydroxyl groups is 1. The summed E-state index contributed by atoms with van der Waals surface area (Å²) in [5, 5.41) is 13.5. The highest BCUT2D eigenvalue weighted by molar-refractivity contribution is 7.96. The van der Waals surface area contributed by atoms with Crippen LogP contribution in [0.5, 0.6) is 5.88 Å². The molecule has 13 heteroatoms. The van der Waals surface area contributed by atoms with Gasteiger partial charge in [-0.1, -0.05) is 19.1 Å². The molecule has 0 unspecified atom stereocenters. The van der Waals surface area contributed by atoms with Crippen LogP contribution in [0.15, 0.2) is 45.1 Å². The molecule has 3 aromatic heterocycles. The monoisotopic (exact) mass is 550 g/mol. The minimum Gasteiger partial charge on any atom is -0.493 e. The van der Waals surface area contributed by atoms with Gasteiger partial charge in [-0.15, -0.1) is 0 Å². The lowest BCUT2D eigenvalue weighted by molar-refractivity contribution is 0.452. The van der Waals surface area contributed by atoms with Gasteiger partial charge in [-0.3, -0.25) is 14.4 Å². The summed E-state index contributed by atoms with van der Waals surface area (Å²) < 4.78 is 26.3. The molecule has 4 heterocycles. The molecule has 0 spiro atoms. The van der Waals surface area contributed by atoms with Gasteiger partial charge in [-0.25, -0.2) is 33.3 Å². The van der Waals surface area contributed by atoms with Crippen molar-refractivity contribution in [2.75, 3.05) is 17.6 Å². The minimum atomic E-state index is -3.37. The Labute approximate surface area is 225 Å². The van der Waals surface area contributed by atoms with E-state index in [2.05, 4.69) is 35.2 Å². The second kappa shape index (κ2) is 10.6. The van der Waals surface area contributed by atoms with E-state index in [9.17, 15) is 18.3 Å². The number of rotatable bonds is 9. The highest BCUT2D eigenvalue weighted by atomic mass is 32.2. The summed E-state index contributed by atoms with van der Waals surface area (Å²) in [6.45, 7) is 5.73. The van der Waals surface area contributed by atoms with Crippen molar-refractivity contribution >= 4 is 33.0 Å². The third-order valence-electron chi connectivity index (χ3n) is 6.49. The summed E-state index contributed by atoms with van der Waals surface area (Å²) in [5.41, 5.74) is 2.01. The lowest BCUT2D eigenvalue weighted by Crippen LogP contribution is -2.28. The van der Waals surface area contributed by atoms with Gasteiger partial charge in [0.1, 0.15) is 17.4 Å². The normalized spacial score (nSPS) is 15.8. The molecule has 5 rings (SSSR count). The van der Waals surface area contributed by atoms with Gasteiger partial charge in [-0.05, 0) is 39.5 Å². The molecule has 1 aliphatic carbocycles. The van der Waals surface area contributed by atoms with E-state index in [1.807, 2.05) is 20.8 Å². The van der Waals surface area contributed by atoms with Crippen molar-refractivity contribution in [2.24, 2.45) is 4.99 Å². The maximum atomic E-state index is 13.5. The van der Waals surface area contributed by atoms with E-state index in [1.54, 1.807) is 12.2 Å². The summed E-state index contributed by atoms with van der Waals surface area (Å²) in [6.07, 6.45) is 10.5. The summed E-state index contributed by atoms with van der Waals surface area (Å²) in [7, 11) is -3.37. The van der Waals surface area contributed by atoms with Crippen LogP contribution in [0, 0.1) is 0 Å². The Morgan fingerprint density at radius 1 is 1.15 bits per heavy atom. The number of hydrogen-bond donors (Lipinski definition) is 2. The number of aliphatic imine (C=N–C) groups is 1. The number of nitrogens with zero attached hydrogens (tertiary/aromatic N) is 7. The van der Waals surface area contributed by atoms with E-state index >= 15 is 0 Å². The zero-order valence-corrected chi connectivity index (χ0v) is 22.8. The zero-order chi connectivity index (χ0) is 27.7. The van der Waals surface area contributed by atoms with Crippen LogP contribution in [0.4, 0.5) is 5.82 Å². The predicted octanol–water partition coefficient (Wildman–Crippen LogP) is 3.29. The summed E-state index contributed by atoms with van der Waals surface area (Å²) in [6, 6.07) is -0.250. The van der Waals surface area contributed by atoms with Crippen LogP contribution in [-0.4, -0.2) is 61.5 Å². The van der Waals surface area contributed by atoms with E-state index in [1.165, 1.54) is 23.3 Å². The van der Waals surface area contributed by atoms with Gasteiger partial charge in [0, 0.05) is 18.2 Å². The first kappa shape index (κ1) is 26.6. The van der Waals surface area contributed by atoms with Crippen molar-refractivity contribution in [1.29, 1.82) is 0 Å². The second-order valence-electron chi connectivity index (χ2n) is 9.83. The largest absolute Gasteiger partial charge is 0.493 e. The molecule has 12 nitrogen and oxygen atoms in total. The number of hydrogen-bond acceptors (Lipinski definition) is 11. The highest BCUT2D eigenvalue weighted by Gasteiger charge is 2.31. The van der Waals surface area contributed by atoms with Gasteiger partial charge in [0.15, 0.2) is 27.1 Å². The van der Waals surface area contributed by atoms with Crippen molar-refractivity contribution in [3.63, 3.8) is 0 Å². The molecule has 1 saturated carbocycles. The van der Waals surface area contributed by atoms with E-state index < -0.39 is 9.84 Å². The lowest BCUT2D eigenvalue weighted by atomic mass is 10.1. The first-order valence-electron chi connectivity index (χ1n) is 12.9. The fourth-order valence-corrected chi connectivity index (χ4v) is 5.77. The molecule has 0 saturated heterocycles. The molecule has 2 aliphatic rings. The first-order valence-corrected chi connectivity index (χ1v) is 14.6. The Morgan fingerprint density at radius 3 is 2.67 bits per heavy atom. The summed E-state index contributed by atoms with van der Waals surface area (Å²) >= 11 is 0. The second-order valence-corrected chi connectivity index (χ2v) is 11.9. The number of sulfone groups is 1. The maximum absolute atomic E-state index is 13.5. The fraction of sp³-hybridized carbons (Fsp3) is 0.423. The van der Waals surface area contributed by atoms with Crippen molar-refractivity contribution in [2.45, 2.75) is 58.4 Å². The number of allylic oxidation sites excluding steroid dienone is 3. The predicted molar refractivity (Wildman–Crippen MR) is 148 cm³/mol. The van der Waals surface area contributed by atoms with Crippen LogP contribution in [0.1, 0.15) is 64.1 Å². The number of nitrogens with one attached hydrogen (secondary N) is 1. The van der Waals surface area contributed by atoms with Crippen LogP contribution in [-0.2, 0) is 9.84 Å². The SMILES string of the molecule is CCCS(=O)(=O)C1=CCC=C(CNc2nc3cnc(-c4c(O)ncnc4C4CC4)nc3n(C(C)C)c2=O)N=C1. The van der Waals surface area contributed by atoms with Crippen LogP contribution in [0.25, 0.3) is 22.6 Å². The first-order chi connectivity index (χ1) is 18.7. The van der Waals surface area contributed by atoms with Crippen molar-refractivity contribution in [1.82, 2.24) is 29.5 Å². The molecule has 1 fully saturated rings. The van der Waals surface area contributed by atoms with E-state index in [-0.39, 0.29) is 52.2 Å². The van der Waals surface area contributed by atoms with Crippen LogP contribution < -0.4 is 10.9 Å². The molecule has 39 heavy (non-hydrogen) atoms. The molecule has 0 amide bonds. The van der Waals surface area contributed by atoms with Gasteiger partial charge in [0.05, 0.1) is 34.8 Å². The molecule has 3 aromatic rings. The van der Waals surface area contributed by atoms with Crippen molar-refractivity contribution < 1.29 is 13.5 Å². The van der Waals surface area contributed by atoms with Crippen LogP contribution >= 0.6 is 0 Å². The zero-order valence-electron chi connectivity index (χ0n) is 22.0. The standard InChI is InChI=1S/C26H30N8O4S/c1-4-10-39(37,38)18-7-5-6-17(27-12-18)11-28-23-26(36)34(15(2)3)24-19(32-23)13-29-22(33-24)20-21(16-8-9-16)30-14-31-25(20)35/h6-7,12-16H,4-5,8-11H2,1-3H3,(H,28,32)(H,30,31,35). The van der Waals surface area contributed by atoms with Gasteiger partial charge in [0.2, 0.25) is 5.88 Å². The molecule has 204 valence electrons. The third kappa shape index (κ3) is 5.44. The Balaban J connectivity index is 1.46. The molecule has 0 atom stereocenters. The molecular formula is C26H30N8O4S. The molecular weight excluding hydrogens is 520 g/mol. The topological polar surface area (TPSA) is 165 Å². The van der Waals surface area contributed by atoms with E-state index in [0.29, 0.717) is 41.0 Å². The highest BCUT2D eigenvalue weighted by Crippen LogP contribution is 2.44. The van der Waals surface area contributed by atoms with E-state index in [4.69, 9.17) is 0 Å². The van der Waals surface area contributed by atoms with Gasteiger partial charge < -0.3 is 10.4 Å². The smallest absolute Gasteiger partial charge is 0.295 e. The fourth-order valence-electron chi connectivity index (χ4n) is 4.44. The summed E-state index contributed by atoms with van der Waals surface area (Å²) in [4.78, 5) is 39.8. The Kier molecular flexibility index (Phi) is 7.25. The van der Waals surface area contributed by atoms with Gasteiger partial charge in [0.25, 0.3) is 5.56 Å².